The van der Waals surface area contributed by atoms with E-state index in [1.165, 1.54) is 0 Å². The maximum absolute atomic E-state index is 11.7. The number of anilines is 3. The lowest BCUT2D eigenvalue weighted by Crippen LogP contribution is -2.27. The van der Waals surface area contributed by atoms with Crippen molar-refractivity contribution in [3.8, 4) is 0 Å². The van der Waals surface area contributed by atoms with Crippen molar-refractivity contribution in [1.29, 1.82) is 0 Å². The van der Waals surface area contributed by atoms with Gasteiger partial charge in [-0.05, 0) is 57.2 Å². The van der Waals surface area contributed by atoms with E-state index < -0.39 is 11.7 Å². The second-order valence-electron chi connectivity index (χ2n) is 5.81. The zero-order chi connectivity index (χ0) is 16.2. The summed E-state index contributed by atoms with van der Waals surface area (Å²) >= 11 is 6.10. The number of ether oxygens (including phenoxy) is 1. The third-order valence-electron chi connectivity index (χ3n) is 2.68. The van der Waals surface area contributed by atoms with Crippen LogP contribution in [-0.2, 0) is 4.74 Å². The molecule has 0 saturated carbocycles. The van der Waals surface area contributed by atoms with E-state index in [9.17, 15) is 4.79 Å². The van der Waals surface area contributed by atoms with Crippen LogP contribution in [-0.4, -0.2) is 11.7 Å². The van der Waals surface area contributed by atoms with Crippen molar-refractivity contribution in [2.45, 2.75) is 26.4 Å². The molecule has 5 heteroatoms. The number of para-hydroxylation sites is 1. The van der Waals surface area contributed by atoms with Gasteiger partial charge in [-0.15, -0.1) is 0 Å². The molecule has 0 radical (unpaired) electrons. The minimum Gasteiger partial charge on any atom is -0.444 e. The zero-order valence-electron chi connectivity index (χ0n) is 12.8. The van der Waals surface area contributed by atoms with Gasteiger partial charge in [-0.3, -0.25) is 5.32 Å². The van der Waals surface area contributed by atoms with Crippen LogP contribution in [0.4, 0.5) is 21.9 Å². The SMILES string of the molecule is CC(C)(C)OC(=O)Nc1ccc(Nc2ccccc2Cl)cc1. The van der Waals surface area contributed by atoms with Crippen molar-refractivity contribution in [2.75, 3.05) is 10.6 Å². The maximum Gasteiger partial charge on any atom is 0.412 e. The van der Waals surface area contributed by atoms with Crippen molar-refractivity contribution in [3.05, 3.63) is 53.6 Å². The molecule has 2 rings (SSSR count). The molecule has 0 saturated heterocycles. The first-order valence-electron chi connectivity index (χ1n) is 6.95. The average Bonchev–Trinajstić information content (AvgIpc) is 2.41. The molecule has 0 aromatic heterocycles. The largest absolute Gasteiger partial charge is 0.444 e. The molecule has 0 heterocycles. The topological polar surface area (TPSA) is 50.4 Å². The summed E-state index contributed by atoms with van der Waals surface area (Å²) in [5, 5.41) is 6.55. The summed E-state index contributed by atoms with van der Waals surface area (Å²) in [5.74, 6) is 0. The third-order valence-corrected chi connectivity index (χ3v) is 3.01. The van der Waals surface area contributed by atoms with Gasteiger partial charge >= 0.3 is 6.09 Å². The number of nitrogens with one attached hydrogen (secondary N) is 2. The van der Waals surface area contributed by atoms with Crippen molar-refractivity contribution in [3.63, 3.8) is 0 Å². The van der Waals surface area contributed by atoms with Crippen molar-refractivity contribution < 1.29 is 9.53 Å². The van der Waals surface area contributed by atoms with Crippen LogP contribution in [0.5, 0.6) is 0 Å². The quantitative estimate of drug-likeness (QED) is 0.793. The summed E-state index contributed by atoms with van der Waals surface area (Å²) < 4.78 is 5.20. The minimum absolute atomic E-state index is 0.473. The van der Waals surface area contributed by atoms with Crippen LogP contribution < -0.4 is 10.6 Å². The van der Waals surface area contributed by atoms with Gasteiger partial charge in [0, 0.05) is 11.4 Å². The summed E-state index contributed by atoms with van der Waals surface area (Å²) in [4.78, 5) is 11.7. The highest BCUT2D eigenvalue weighted by atomic mass is 35.5. The van der Waals surface area contributed by atoms with Gasteiger partial charge in [0.05, 0.1) is 10.7 Å². The Kier molecular flexibility index (Phi) is 4.93. The normalized spacial score (nSPS) is 10.9. The van der Waals surface area contributed by atoms with Gasteiger partial charge < -0.3 is 10.1 Å². The standard InChI is InChI=1S/C17H19ClN2O2/c1-17(2,3)22-16(21)20-13-10-8-12(9-11-13)19-15-7-5-4-6-14(15)18/h4-11,19H,1-3H3,(H,20,21). The number of rotatable bonds is 3. The minimum atomic E-state index is -0.518. The molecule has 2 N–H and O–H groups in total. The van der Waals surface area contributed by atoms with Gasteiger partial charge in [-0.2, -0.15) is 0 Å². The maximum atomic E-state index is 11.7. The van der Waals surface area contributed by atoms with E-state index in [2.05, 4.69) is 10.6 Å². The molecule has 4 nitrogen and oxygen atoms in total. The first kappa shape index (κ1) is 16.2. The molecule has 2 aromatic carbocycles. The number of halogens is 1. The average molecular weight is 319 g/mol. The van der Waals surface area contributed by atoms with Crippen molar-refractivity contribution >= 4 is 34.8 Å². The lowest BCUT2D eigenvalue weighted by Gasteiger charge is -2.19. The van der Waals surface area contributed by atoms with Gasteiger partial charge in [-0.25, -0.2) is 4.79 Å². The molecular weight excluding hydrogens is 300 g/mol. The first-order chi connectivity index (χ1) is 10.3. The fourth-order valence-electron chi connectivity index (χ4n) is 1.78. The van der Waals surface area contributed by atoms with E-state index in [4.69, 9.17) is 16.3 Å². The zero-order valence-corrected chi connectivity index (χ0v) is 13.6. The number of carbonyl (C=O) groups is 1. The summed E-state index contributed by atoms with van der Waals surface area (Å²) in [6, 6.07) is 14.8. The Morgan fingerprint density at radius 2 is 1.59 bits per heavy atom. The molecule has 2 aromatic rings. The molecule has 0 aliphatic carbocycles. The Balaban J connectivity index is 1.99. The van der Waals surface area contributed by atoms with Crippen LogP contribution >= 0.6 is 11.6 Å². The molecule has 0 unspecified atom stereocenters. The van der Waals surface area contributed by atoms with Crippen molar-refractivity contribution in [2.24, 2.45) is 0 Å². The van der Waals surface area contributed by atoms with Crippen LogP contribution in [0, 0.1) is 0 Å². The molecule has 0 spiro atoms. The molecule has 116 valence electrons. The second kappa shape index (κ2) is 6.71. The predicted octanol–water partition coefficient (Wildman–Crippen LogP) is 5.43. The van der Waals surface area contributed by atoms with E-state index in [0.29, 0.717) is 10.7 Å². The number of carbonyl (C=O) groups excluding carboxylic acids is 1. The van der Waals surface area contributed by atoms with Gasteiger partial charge in [0.25, 0.3) is 0 Å². The van der Waals surface area contributed by atoms with Gasteiger partial charge in [0.2, 0.25) is 0 Å². The van der Waals surface area contributed by atoms with Crippen LogP contribution in [0.2, 0.25) is 5.02 Å². The first-order valence-corrected chi connectivity index (χ1v) is 7.33. The van der Waals surface area contributed by atoms with E-state index >= 15 is 0 Å². The smallest absolute Gasteiger partial charge is 0.412 e. The molecule has 0 atom stereocenters. The van der Waals surface area contributed by atoms with E-state index in [-0.39, 0.29) is 0 Å². The summed E-state index contributed by atoms with van der Waals surface area (Å²) in [7, 11) is 0. The van der Waals surface area contributed by atoms with Crippen LogP contribution in [0.3, 0.4) is 0 Å². The Bertz CT molecular complexity index is 648. The molecule has 0 aliphatic rings. The Morgan fingerprint density at radius 1 is 1.00 bits per heavy atom. The lowest BCUT2D eigenvalue weighted by atomic mass is 10.2. The molecule has 0 fully saturated rings. The molecule has 22 heavy (non-hydrogen) atoms. The molecule has 1 amide bonds. The highest BCUT2D eigenvalue weighted by molar-refractivity contribution is 6.33. The van der Waals surface area contributed by atoms with Crippen LogP contribution in [0.1, 0.15) is 20.8 Å². The number of hydrogen-bond donors (Lipinski definition) is 2. The number of benzene rings is 2. The van der Waals surface area contributed by atoms with E-state index in [0.717, 1.165) is 11.4 Å². The highest BCUT2D eigenvalue weighted by Gasteiger charge is 2.16. The van der Waals surface area contributed by atoms with Gasteiger partial charge in [0.1, 0.15) is 5.60 Å². The second-order valence-corrected chi connectivity index (χ2v) is 6.22. The lowest BCUT2D eigenvalue weighted by molar-refractivity contribution is 0.0636. The van der Waals surface area contributed by atoms with Gasteiger partial charge in [0.15, 0.2) is 0 Å². The number of amides is 1. The Morgan fingerprint density at radius 3 is 2.18 bits per heavy atom. The number of hydrogen-bond acceptors (Lipinski definition) is 3. The summed E-state index contributed by atoms with van der Waals surface area (Å²) in [6.45, 7) is 5.47. The monoisotopic (exact) mass is 318 g/mol. The van der Waals surface area contributed by atoms with Crippen LogP contribution in [0.25, 0.3) is 0 Å². The molecular formula is C17H19ClN2O2. The fraction of sp³-hybridized carbons (Fsp3) is 0.235. The molecule has 0 bridgehead atoms. The van der Waals surface area contributed by atoms with E-state index in [1.807, 2.05) is 57.2 Å². The predicted molar refractivity (Wildman–Crippen MR) is 91.0 cm³/mol. The fourth-order valence-corrected chi connectivity index (χ4v) is 1.96. The Hall–Kier alpha value is -2.20. The third kappa shape index (κ3) is 4.97. The Labute approximate surface area is 135 Å². The summed E-state index contributed by atoms with van der Waals surface area (Å²) in [6.07, 6.45) is -0.473. The van der Waals surface area contributed by atoms with Crippen LogP contribution in [0.15, 0.2) is 48.5 Å². The van der Waals surface area contributed by atoms with Gasteiger partial charge in [-0.1, -0.05) is 23.7 Å². The summed E-state index contributed by atoms with van der Waals surface area (Å²) in [5.41, 5.74) is 1.86. The van der Waals surface area contributed by atoms with Crippen molar-refractivity contribution in [1.82, 2.24) is 0 Å². The highest BCUT2D eigenvalue weighted by Crippen LogP contribution is 2.25. The van der Waals surface area contributed by atoms with E-state index in [1.54, 1.807) is 12.1 Å². The molecule has 0 aliphatic heterocycles.